The lowest BCUT2D eigenvalue weighted by Gasteiger charge is -2.17. The van der Waals surface area contributed by atoms with Gasteiger partial charge < -0.3 is 4.42 Å². The van der Waals surface area contributed by atoms with E-state index in [0.29, 0.717) is 11.6 Å². The van der Waals surface area contributed by atoms with Crippen molar-refractivity contribution in [1.29, 1.82) is 0 Å². The summed E-state index contributed by atoms with van der Waals surface area (Å²) in [5.74, 6) is 1.33. The summed E-state index contributed by atoms with van der Waals surface area (Å²) < 4.78 is 5.96. The van der Waals surface area contributed by atoms with Gasteiger partial charge in [0.1, 0.15) is 5.58 Å². The van der Waals surface area contributed by atoms with E-state index in [1.54, 1.807) is 0 Å². The monoisotopic (exact) mass is 384 g/mol. The average Bonchev–Trinajstić information content (AvgIpc) is 3.34. The second-order valence-electron chi connectivity index (χ2n) is 8.90. The molecule has 1 aliphatic carbocycles. The maximum Gasteiger partial charge on any atom is 0.227 e. The Balaban J connectivity index is 1.58. The summed E-state index contributed by atoms with van der Waals surface area (Å²) in [6, 6.07) is 12.9. The van der Waals surface area contributed by atoms with Crippen LogP contribution in [-0.2, 0) is 6.42 Å². The molecule has 3 nitrogen and oxygen atoms in total. The van der Waals surface area contributed by atoms with Crippen LogP contribution in [0.5, 0.6) is 0 Å². The normalized spacial score (nSPS) is 15.2. The fourth-order valence-electron chi connectivity index (χ4n) is 4.80. The second kappa shape index (κ2) is 7.29. The molecule has 0 saturated heterocycles. The summed E-state index contributed by atoms with van der Waals surface area (Å²) in [5, 5.41) is 2.18. The van der Waals surface area contributed by atoms with E-state index in [2.05, 4.69) is 55.4 Å². The van der Waals surface area contributed by atoms with Crippen LogP contribution in [0.15, 0.2) is 47.0 Å². The Morgan fingerprint density at radius 3 is 2.66 bits per heavy atom. The Morgan fingerprint density at radius 1 is 1.03 bits per heavy atom. The molecule has 0 atom stereocenters. The van der Waals surface area contributed by atoms with Crippen molar-refractivity contribution in [2.75, 3.05) is 0 Å². The van der Waals surface area contributed by atoms with Crippen LogP contribution in [0.4, 0.5) is 0 Å². The van der Waals surface area contributed by atoms with Gasteiger partial charge in [-0.15, -0.1) is 0 Å². The van der Waals surface area contributed by atoms with Crippen molar-refractivity contribution in [2.45, 2.75) is 58.8 Å². The molecule has 4 aromatic rings. The summed E-state index contributed by atoms with van der Waals surface area (Å²) in [6.07, 6.45) is 8.80. The standard InChI is InChI=1S/C26H28N2O/c1-16(2)23-15-27-24(14-20(23)12-18-6-4-5-7-18)19-9-11-25-22(13-19)21-10-8-17(3)28-26(21)29-25/h8-11,13-16,18H,4-7,12H2,1-3H3. The van der Waals surface area contributed by atoms with E-state index in [9.17, 15) is 0 Å². The molecule has 148 valence electrons. The lowest BCUT2D eigenvalue weighted by Crippen LogP contribution is -2.05. The minimum absolute atomic E-state index is 0.502. The van der Waals surface area contributed by atoms with Crippen LogP contribution >= 0.6 is 0 Å². The number of benzene rings is 1. The fraction of sp³-hybridized carbons (Fsp3) is 0.385. The van der Waals surface area contributed by atoms with Crippen molar-refractivity contribution >= 4 is 22.1 Å². The molecule has 3 heteroatoms. The number of aryl methyl sites for hydroxylation is 1. The first-order valence-corrected chi connectivity index (χ1v) is 10.9. The highest BCUT2D eigenvalue weighted by atomic mass is 16.3. The Morgan fingerprint density at radius 2 is 1.86 bits per heavy atom. The van der Waals surface area contributed by atoms with Gasteiger partial charge in [-0.25, -0.2) is 4.98 Å². The Labute approximate surface area is 172 Å². The lowest BCUT2D eigenvalue weighted by atomic mass is 9.90. The predicted octanol–water partition coefficient (Wildman–Crippen LogP) is 7.21. The molecular weight excluding hydrogens is 356 g/mol. The molecule has 0 bridgehead atoms. The molecule has 0 unspecified atom stereocenters. The molecule has 0 aliphatic heterocycles. The number of pyridine rings is 2. The van der Waals surface area contributed by atoms with Crippen LogP contribution in [0.3, 0.4) is 0 Å². The van der Waals surface area contributed by atoms with E-state index in [0.717, 1.165) is 39.2 Å². The van der Waals surface area contributed by atoms with Gasteiger partial charge in [0.2, 0.25) is 5.71 Å². The lowest BCUT2D eigenvalue weighted by molar-refractivity contribution is 0.542. The summed E-state index contributed by atoms with van der Waals surface area (Å²) >= 11 is 0. The molecule has 1 aromatic carbocycles. The van der Waals surface area contributed by atoms with Crippen LogP contribution in [0.1, 0.15) is 62.3 Å². The average molecular weight is 385 g/mol. The van der Waals surface area contributed by atoms with Gasteiger partial charge in [-0.05, 0) is 72.7 Å². The second-order valence-corrected chi connectivity index (χ2v) is 8.90. The molecular formula is C26H28N2O. The van der Waals surface area contributed by atoms with Crippen molar-refractivity contribution in [1.82, 2.24) is 9.97 Å². The van der Waals surface area contributed by atoms with Gasteiger partial charge in [-0.1, -0.05) is 39.5 Å². The van der Waals surface area contributed by atoms with Crippen LogP contribution in [-0.4, -0.2) is 9.97 Å². The maximum absolute atomic E-state index is 5.96. The first-order valence-electron chi connectivity index (χ1n) is 10.9. The maximum atomic E-state index is 5.96. The van der Waals surface area contributed by atoms with E-state index >= 15 is 0 Å². The first-order chi connectivity index (χ1) is 14.1. The molecule has 1 fully saturated rings. The Bertz CT molecular complexity index is 1180. The van der Waals surface area contributed by atoms with Crippen molar-refractivity contribution < 1.29 is 4.42 Å². The van der Waals surface area contributed by atoms with E-state index in [1.165, 1.54) is 43.2 Å². The zero-order chi connectivity index (χ0) is 20.0. The Kier molecular flexibility index (Phi) is 4.61. The molecule has 3 aromatic heterocycles. The number of nitrogens with zero attached hydrogens (tertiary/aromatic N) is 2. The van der Waals surface area contributed by atoms with Gasteiger partial charge in [0.25, 0.3) is 0 Å². The van der Waals surface area contributed by atoms with Crippen molar-refractivity contribution in [3.05, 3.63) is 59.4 Å². The summed E-state index contributed by atoms with van der Waals surface area (Å²) in [6.45, 7) is 6.53. The highest BCUT2D eigenvalue weighted by molar-refractivity contribution is 6.05. The predicted molar refractivity (Wildman–Crippen MR) is 119 cm³/mol. The number of rotatable bonds is 4. The van der Waals surface area contributed by atoms with Crippen LogP contribution in [0.25, 0.3) is 33.3 Å². The van der Waals surface area contributed by atoms with Crippen LogP contribution in [0.2, 0.25) is 0 Å². The summed E-state index contributed by atoms with van der Waals surface area (Å²) in [5.41, 5.74) is 7.64. The van der Waals surface area contributed by atoms with Gasteiger partial charge in [0, 0.05) is 28.2 Å². The van der Waals surface area contributed by atoms with Crippen LogP contribution in [0, 0.1) is 12.8 Å². The number of furan rings is 1. The fourth-order valence-corrected chi connectivity index (χ4v) is 4.80. The molecule has 5 rings (SSSR count). The quantitative estimate of drug-likeness (QED) is 0.373. The van der Waals surface area contributed by atoms with Gasteiger partial charge in [-0.2, -0.15) is 0 Å². The first kappa shape index (κ1) is 18.4. The Hall–Kier alpha value is -2.68. The third-order valence-corrected chi connectivity index (χ3v) is 6.40. The molecule has 1 saturated carbocycles. The third kappa shape index (κ3) is 3.43. The van der Waals surface area contributed by atoms with E-state index in [-0.39, 0.29) is 0 Å². The molecule has 0 spiro atoms. The van der Waals surface area contributed by atoms with Crippen molar-refractivity contribution in [3.8, 4) is 11.3 Å². The molecule has 0 amide bonds. The zero-order valence-corrected chi connectivity index (χ0v) is 17.5. The minimum atomic E-state index is 0.502. The zero-order valence-electron chi connectivity index (χ0n) is 17.5. The van der Waals surface area contributed by atoms with E-state index in [1.807, 2.05) is 13.0 Å². The number of hydrogen-bond donors (Lipinski definition) is 0. The van der Waals surface area contributed by atoms with E-state index < -0.39 is 0 Å². The molecule has 0 radical (unpaired) electrons. The van der Waals surface area contributed by atoms with Crippen molar-refractivity contribution in [3.63, 3.8) is 0 Å². The number of hydrogen-bond acceptors (Lipinski definition) is 3. The minimum Gasteiger partial charge on any atom is -0.438 e. The third-order valence-electron chi connectivity index (χ3n) is 6.40. The molecule has 29 heavy (non-hydrogen) atoms. The van der Waals surface area contributed by atoms with Crippen LogP contribution < -0.4 is 0 Å². The smallest absolute Gasteiger partial charge is 0.227 e. The highest BCUT2D eigenvalue weighted by Gasteiger charge is 2.19. The highest BCUT2D eigenvalue weighted by Crippen LogP contribution is 2.34. The molecule has 3 heterocycles. The number of fused-ring (bicyclic) bond motifs is 3. The van der Waals surface area contributed by atoms with E-state index in [4.69, 9.17) is 9.40 Å². The SMILES string of the molecule is Cc1ccc2c(n1)oc1ccc(-c3cc(CC4CCCC4)c(C(C)C)cn3)cc12. The molecule has 1 aliphatic rings. The summed E-state index contributed by atoms with van der Waals surface area (Å²) in [7, 11) is 0. The van der Waals surface area contributed by atoms with Gasteiger partial charge in [0.05, 0.1) is 5.69 Å². The summed E-state index contributed by atoms with van der Waals surface area (Å²) in [4.78, 5) is 9.38. The number of aromatic nitrogens is 2. The molecule has 0 N–H and O–H groups in total. The van der Waals surface area contributed by atoms with Gasteiger partial charge in [-0.3, -0.25) is 4.98 Å². The largest absolute Gasteiger partial charge is 0.438 e. The van der Waals surface area contributed by atoms with Gasteiger partial charge in [0.15, 0.2) is 0 Å². The van der Waals surface area contributed by atoms with Gasteiger partial charge >= 0.3 is 0 Å². The van der Waals surface area contributed by atoms with Crippen molar-refractivity contribution in [2.24, 2.45) is 5.92 Å². The topological polar surface area (TPSA) is 38.9 Å².